The number of hydrogen-bond donors (Lipinski definition) is 6. The number of benzene rings is 2. The van der Waals surface area contributed by atoms with E-state index in [9.17, 15) is 20.1 Å². The van der Waals surface area contributed by atoms with E-state index in [1.54, 1.807) is 19.2 Å². The summed E-state index contributed by atoms with van der Waals surface area (Å²) < 4.78 is 5.98. The van der Waals surface area contributed by atoms with Gasteiger partial charge in [-0.3, -0.25) is 9.69 Å². The van der Waals surface area contributed by atoms with Gasteiger partial charge in [0.05, 0.1) is 17.1 Å². The van der Waals surface area contributed by atoms with E-state index < -0.39 is 23.2 Å². The van der Waals surface area contributed by atoms with Crippen LogP contribution in [-0.4, -0.2) is 80.6 Å². The Morgan fingerprint density at radius 3 is 2.65 bits per heavy atom. The number of carbonyl (C=O) groups is 1. The summed E-state index contributed by atoms with van der Waals surface area (Å²) in [6.07, 6.45) is 2.68. The molecular formula is C28H34N2O7. The van der Waals surface area contributed by atoms with E-state index in [2.05, 4.69) is 16.8 Å². The fourth-order valence-corrected chi connectivity index (χ4v) is 6.86. The third-order valence-corrected chi connectivity index (χ3v) is 8.51. The normalized spacial score (nSPS) is 30.0. The third kappa shape index (κ3) is 3.72. The molecule has 1 spiro atoms. The number of aliphatic hydroxyl groups is 2. The molecule has 2 fully saturated rings. The van der Waals surface area contributed by atoms with Crippen molar-refractivity contribution < 1.29 is 35.1 Å². The lowest BCUT2D eigenvalue weighted by molar-refractivity contribution is -0.187. The Morgan fingerprint density at radius 2 is 1.95 bits per heavy atom. The summed E-state index contributed by atoms with van der Waals surface area (Å²) in [5.41, 5.74) is 0.830. The zero-order valence-electron chi connectivity index (χ0n) is 20.9. The van der Waals surface area contributed by atoms with Gasteiger partial charge in [-0.15, -0.1) is 6.58 Å². The van der Waals surface area contributed by atoms with Gasteiger partial charge >= 0.3 is 0 Å². The summed E-state index contributed by atoms with van der Waals surface area (Å²) in [5.74, 6) is 0.133. The van der Waals surface area contributed by atoms with Crippen LogP contribution in [0.25, 0.3) is 0 Å². The molecule has 2 aromatic carbocycles. The lowest BCUT2D eigenvalue weighted by Crippen LogP contribution is -2.76. The molecule has 37 heavy (non-hydrogen) atoms. The summed E-state index contributed by atoms with van der Waals surface area (Å²) in [4.78, 5) is 14.9. The Hall–Kier alpha value is -3.11. The highest BCUT2D eigenvalue weighted by Gasteiger charge is 2.73. The van der Waals surface area contributed by atoms with Crippen LogP contribution >= 0.6 is 0 Å². The molecular weight excluding hydrogens is 476 g/mol. The van der Waals surface area contributed by atoms with Crippen molar-refractivity contribution in [1.29, 1.82) is 0 Å². The van der Waals surface area contributed by atoms with Crippen LogP contribution in [0.15, 0.2) is 43.0 Å². The predicted molar refractivity (Wildman–Crippen MR) is 136 cm³/mol. The Labute approximate surface area is 215 Å². The van der Waals surface area contributed by atoms with Gasteiger partial charge in [0.15, 0.2) is 34.9 Å². The standard InChI is InChI=1S/C19H21NO4.C9H13NO3/c1-2-8-20-9-7-18-15-11-3-4-12(21)16(15)24-17(18)13(22)5-6-19(18,23)14(20)10-11;1-10-5-9(13)6-2-3-7(11)8(12)4-6/h2-4,14,17,21,23H,1,5-10H2;2-4,9-13H,5H2,1H3/t14-,17+,18+,19-;9-/m10/s1. The fraction of sp³-hybridized carbons (Fsp3) is 0.464. The molecule has 6 rings (SSSR count). The summed E-state index contributed by atoms with van der Waals surface area (Å²) in [6.45, 7) is 5.77. The average Bonchev–Trinajstić information content (AvgIpc) is 3.23. The van der Waals surface area contributed by atoms with Crippen LogP contribution in [-0.2, 0) is 16.6 Å². The molecule has 6 N–H and O–H groups in total. The molecule has 0 amide bonds. The number of hydrogen-bond acceptors (Lipinski definition) is 9. The maximum absolute atomic E-state index is 12.6. The minimum Gasteiger partial charge on any atom is -0.504 e. The van der Waals surface area contributed by atoms with Gasteiger partial charge in [-0.1, -0.05) is 18.2 Å². The third-order valence-electron chi connectivity index (χ3n) is 8.51. The van der Waals surface area contributed by atoms with Gasteiger partial charge in [0, 0.05) is 37.7 Å². The number of likely N-dealkylation sites (N-methyl/N-ethyl adjacent to an activating group) is 1. The van der Waals surface area contributed by atoms with Crippen LogP contribution in [0.4, 0.5) is 0 Å². The van der Waals surface area contributed by atoms with Crippen LogP contribution in [0.2, 0.25) is 0 Å². The number of aliphatic hydroxyl groups excluding tert-OH is 1. The molecule has 9 heteroatoms. The van der Waals surface area contributed by atoms with Gasteiger partial charge < -0.3 is 35.6 Å². The molecule has 0 aromatic heterocycles. The van der Waals surface area contributed by atoms with Crippen molar-refractivity contribution in [3.63, 3.8) is 0 Å². The molecule has 0 unspecified atom stereocenters. The maximum Gasteiger partial charge on any atom is 0.174 e. The summed E-state index contributed by atoms with van der Waals surface area (Å²) >= 11 is 0. The van der Waals surface area contributed by atoms with E-state index in [0.717, 1.165) is 24.2 Å². The average molecular weight is 511 g/mol. The summed E-state index contributed by atoms with van der Waals surface area (Å²) in [7, 11) is 1.73. The maximum atomic E-state index is 12.6. The number of nitrogens with zero attached hydrogens (tertiary/aromatic N) is 1. The number of carbonyl (C=O) groups excluding carboxylic acids is 1. The highest BCUT2D eigenvalue weighted by atomic mass is 16.5. The molecule has 1 saturated heterocycles. The second-order valence-electron chi connectivity index (χ2n) is 10.4. The Bertz CT molecular complexity index is 1230. The molecule has 2 aliphatic heterocycles. The zero-order valence-corrected chi connectivity index (χ0v) is 20.9. The summed E-state index contributed by atoms with van der Waals surface area (Å²) in [6, 6.07) is 7.78. The first-order valence-electron chi connectivity index (χ1n) is 12.6. The molecule has 1 saturated carbocycles. The lowest BCUT2D eigenvalue weighted by atomic mass is 9.49. The number of nitrogens with one attached hydrogen (secondary N) is 1. The highest BCUT2D eigenvalue weighted by Crippen LogP contribution is 2.64. The largest absolute Gasteiger partial charge is 0.504 e. The van der Waals surface area contributed by atoms with E-state index in [0.29, 0.717) is 43.5 Å². The fourth-order valence-electron chi connectivity index (χ4n) is 6.86. The van der Waals surface area contributed by atoms with E-state index >= 15 is 0 Å². The van der Waals surface area contributed by atoms with Crippen molar-refractivity contribution in [2.75, 3.05) is 26.7 Å². The van der Waals surface area contributed by atoms with Crippen molar-refractivity contribution in [2.24, 2.45) is 0 Å². The Balaban J connectivity index is 0.000000184. The number of piperidine rings is 1. The molecule has 9 nitrogen and oxygen atoms in total. The molecule has 2 heterocycles. The van der Waals surface area contributed by atoms with Crippen LogP contribution in [0.1, 0.15) is 42.1 Å². The number of rotatable bonds is 5. The van der Waals surface area contributed by atoms with Crippen LogP contribution in [0, 0.1) is 0 Å². The minimum absolute atomic E-state index is 0.0408. The van der Waals surface area contributed by atoms with Crippen molar-refractivity contribution in [3.05, 3.63) is 59.7 Å². The van der Waals surface area contributed by atoms with Crippen LogP contribution in [0.5, 0.6) is 23.0 Å². The Kier molecular flexibility index (Phi) is 6.44. The van der Waals surface area contributed by atoms with Gasteiger partial charge in [0.25, 0.3) is 0 Å². The van der Waals surface area contributed by atoms with Gasteiger partial charge in [0.1, 0.15) is 0 Å². The van der Waals surface area contributed by atoms with Gasteiger partial charge in [-0.2, -0.15) is 0 Å². The Morgan fingerprint density at radius 1 is 1.19 bits per heavy atom. The number of aromatic hydroxyl groups is 3. The SMILES string of the molecule is C=CCN1CC[C@]23c4c5ccc(O)c4O[C@H]2C(=O)CC[C@@]3(O)[C@H]1C5.CNC[C@H](O)c1ccc(O)c(O)c1. The smallest absolute Gasteiger partial charge is 0.174 e. The topological polar surface area (TPSA) is 143 Å². The monoisotopic (exact) mass is 510 g/mol. The lowest BCUT2D eigenvalue weighted by Gasteiger charge is -2.62. The van der Waals surface area contributed by atoms with Gasteiger partial charge in [-0.05, 0) is 55.6 Å². The summed E-state index contributed by atoms with van der Waals surface area (Å²) in [5, 5.41) is 52.5. The molecule has 2 aliphatic carbocycles. The van der Waals surface area contributed by atoms with E-state index in [1.807, 2.05) is 12.1 Å². The number of likely N-dealkylation sites (tertiary alicyclic amines) is 1. The molecule has 198 valence electrons. The predicted octanol–water partition coefficient (Wildman–Crippen LogP) is 1.65. The molecule has 4 aliphatic rings. The minimum atomic E-state index is -1.00. The van der Waals surface area contributed by atoms with Crippen molar-refractivity contribution >= 4 is 5.78 Å². The first-order chi connectivity index (χ1) is 17.7. The van der Waals surface area contributed by atoms with E-state index in [1.165, 1.54) is 12.1 Å². The van der Waals surface area contributed by atoms with Crippen molar-refractivity contribution in [3.8, 4) is 23.0 Å². The number of Topliss-reactive ketones (excluding diaryl/α,β-unsaturated/α-hetero) is 1. The van der Waals surface area contributed by atoms with Crippen LogP contribution < -0.4 is 10.1 Å². The molecule has 2 aromatic rings. The zero-order chi connectivity index (χ0) is 26.5. The van der Waals surface area contributed by atoms with Crippen molar-refractivity contribution in [2.45, 2.75) is 54.9 Å². The number of phenolic OH excluding ortho intramolecular Hbond substituents is 3. The van der Waals surface area contributed by atoms with E-state index in [4.69, 9.17) is 14.9 Å². The van der Waals surface area contributed by atoms with Gasteiger partial charge in [0.2, 0.25) is 0 Å². The van der Waals surface area contributed by atoms with Crippen LogP contribution in [0.3, 0.4) is 0 Å². The second-order valence-corrected chi connectivity index (χ2v) is 10.4. The van der Waals surface area contributed by atoms with Gasteiger partial charge in [-0.25, -0.2) is 0 Å². The molecule has 5 atom stereocenters. The second kappa shape index (κ2) is 9.33. The highest BCUT2D eigenvalue weighted by molar-refractivity contribution is 5.90. The molecule has 2 bridgehead atoms. The van der Waals surface area contributed by atoms with Crippen molar-refractivity contribution in [1.82, 2.24) is 10.2 Å². The number of phenols is 3. The number of ether oxygens (including phenoxy) is 1. The first-order valence-corrected chi connectivity index (χ1v) is 12.6. The van der Waals surface area contributed by atoms with E-state index in [-0.39, 0.29) is 29.1 Å². The number of ketones is 1. The molecule has 0 radical (unpaired) electrons. The quantitative estimate of drug-likeness (QED) is 0.261. The first kappa shape index (κ1) is 25.5.